The molecule has 6 rings (SSSR count). The number of nitrogens with one attached hydrogen (secondary N) is 2. The quantitative estimate of drug-likeness (QED) is 0.0975. The first-order valence-corrected chi connectivity index (χ1v) is 16.7. The van der Waals surface area contributed by atoms with Crippen LogP contribution in [0.2, 0.25) is 0 Å². The highest BCUT2D eigenvalue weighted by Gasteiger charge is 2.34. The molecular formula is C43H36N2O6. The Bertz CT molecular complexity index is 2180. The highest BCUT2D eigenvalue weighted by Crippen LogP contribution is 2.38. The lowest BCUT2D eigenvalue weighted by atomic mass is 9.82. The number of fused-ring (bicyclic) bond motifs is 2. The maximum atomic E-state index is 14.2. The number of hydrogen-bond acceptors (Lipinski definition) is 8. The van der Waals surface area contributed by atoms with E-state index in [1.165, 1.54) is 0 Å². The molecule has 8 nitrogen and oxygen atoms in total. The van der Waals surface area contributed by atoms with E-state index in [1.54, 1.807) is 84.9 Å². The van der Waals surface area contributed by atoms with Crippen LogP contribution < -0.4 is 10.6 Å². The number of carbonyl (C=O) groups is 4. The number of benzene rings is 5. The lowest BCUT2D eigenvalue weighted by Crippen LogP contribution is -2.23. The Morgan fingerprint density at radius 3 is 1.63 bits per heavy atom. The molecule has 1 aliphatic carbocycles. The van der Waals surface area contributed by atoms with Crippen LogP contribution >= 0.6 is 0 Å². The molecule has 0 bridgehead atoms. The second kappa shape index (κ2) is 15.8. The average molecular weight is 677 g/mol. The molecular weight excluding hydrogens is 640 g/mol. The molecule has 0 aromatic heterocycles. The van der Waals surface area contributed by atoms with Crippen molar-refractivity contribution in [3.8, 4) is 0 Å². The number of ether oxygens (including phenoxy) is 2. The largest absolute Gasteiger partial charge is 0.458 e. The summed E-state index contributed by atoms with van der Waals surface area (Å²) in [6.45, 7) is 4.17. The molecule has 0 heterocycles. The van der Waals surface area contributed by atoms with E-state index < -0.39 is 11.9 Å². The Labute approximate surface area is 296 Å². The van der Waals surface area contributed by atoms with E-state index in [0.29, 0.717) is 28.3 Å². The van der Waals surface area contributed by atoms with Crippen molar-refractivity contribution in [2.45, 2.75) is 26.9 Å². The summed E-state index contributed by atoms with van der Waals surface area (Å²) in [6.07, 6.45) is 6.47. The van der Waals surface area contributed by atoms with Gasteiger partial charge in [-0.15, -0.1) is 0 Å². The molecule has 2 N–H and O–H groups in total. The Kier molecular flexibility index (Phi) is 10.6. The van der Waals surface area contributed by atoms with Crippen molar-refractivity contribution < 1.29 is 28.7 Å². The minimum atomic E-state index is -0.532. The Morgan fingerprint density at radius 2 is 1.10 bits per heavy atom. The average Bonchev–Trinajstić information content (AvgIpc) is 3.16. The van der Waals surface area contributed by atoms with Crippen LogP contribution in [-0.4, -0.2) is 30.1 Å². The first-order valence-electron chi connectivity index (χ1n) is 16.7. The summed E-state index contributed by atoms with van der Waals surface area (Å²) in [5.74, 6) is -1.77. The fourth-order valence-electron chi connectivity index (χ4n) is 5.82. The van der Waals surface area contributed by atoms with Gasteiger partial charge in [-0.25, -0.2) is 9.59 Å². The fourth-order valence-corrected chi connectivity index (χ4v) is 5.82. The van der Waals surface area contributed by atoms with Crippen molar-refractivity contribution in [3.05, 3.63) is 178 Å². The summed E-state index contributed by atoms with van der Waals surface area (Å²) >= 11 is 0. The molecule has 0 spiro atoms. The lowest BCUT2D eigenvalue weighted by Gasteiger charge is -2.24. The number of carbonyl (C=O) groups excluding carboxylic acids is 4. The number of hydrogen-bond donors (Lipinski definition) is 2. The van der Waals surface area contributed by atoms with Crippen LogP contribution in [0.1, 0.15) is 78.4 Å². The lowest BCUT2D eigenvalue weighted by molar-refractivity contribution is 0.0472. The maximum absolute atomic E-state index is 14.2. The van der Waals surface area contributed by atoms with E-state index in [0.717, 1.165) is 17.6 Å². The molecule has 0 amide bonds. The van der Waals surface area contributed by atoms with E-state index >= 15 is 0 Å². The van der Waals surface area contributed by atoms with Crippen molar-refractivity contribution >= 4 is 46.3 Å². The molecule has 0 saturated carbocycles. The topological polar surface area (TPSA) is 111 Å². The van der Waals surface area contributed by atoms with Crippen molar-refractivity contribution in [2.75, 3.05) is 17.2 Å². The highest BCUT2D eigenvalue weighted by molar-refractivity contribution is 6.32. The van der Waals surface area contributed by atoms with Crippen LogP contribution in [0.4, 0.5) is 22.7 Å². The zero-order valence-corrected chi connectivity index (χ0v) is 28.3. The summed E-state index contributed by atoms with van der Waals surface area (Å²) < 4.78 is 11.2. The van der Waals surface area contributed by atoms with Gasteiger partial charge >= 0.3 is 11.9 Å². The van der Waals surface area contributed by atoms with Gasteiger partial charge in [0.1, 0.15) is 13.2 Å². The molecule has 0 atom stereocenters. The number of allylic oxidation sites excluding steroid dienone is 3. The molecule has 5 aromatic rings. The molecule has 254 valence electrons. The SMILES string of the molecule is C/C=C\C=C(/CC)COC(=O)c1ccccc1Nc1cccc2c1C(=O)c1cccc(Nc3ccccc3C(=O)OCc3ccccc3)c1C2=O. The van der Waals surface area contributed by atoms with E-state index in [9.17, 15) is 19.2 Å². The number of esters is 2. The molecule has 51 heavy (non-hydrogen) atoms. The summed E-state index contributed by atoms with van der Waals surface area (Å²) in [5.41, 5.74) is 4.82. The summed E-state index contributed by atoms with van der Waals surface area (Å²) in [5, 5.41) is 6.45. The predicted molar refractivity (Wildman–Crippen MR) is 198 cm³/mol. The number of rotatable bonds is 12. The minimum Gasteiger partial charge on any atom is -0.458 e. The van der Waals surface area contributed by atoms with Gasteiger partial charge in [-0.3, -0.25) is 9.59 Å². The standard InChI is InChI=1S/C43H36N2O6/c1-3-5-15-28(4-2)26-50-42(48)30-18-9-11-22-34(30)44-36-24-13-20-32-38(36)40(46)33-21-14-25-37(39(33)41(32)47)45-35-23-12-10-19-31(35)43(49)51-27-29-16-7-6-8-17-29/h3,5-25,44-45H,4,26-27H2,1-2H3/b5-3-,28-15+. The second-order valence-electron chi connectivity index (χ2n) is 11.8. The van der Waals surface area contributed by atoms with E-state index in [2.05, 4.69) is 10.6 Å². The third-order valence-electron chi connectivity index (χ3n) is 8.48. The van der Waals surface area contributed by atoms with Crippen molar-refractivity contribution in [3.63, 3.8) is 0 Å². The van der Waals surface area contributed by atoms with Crippen LogP contribution in [0, 0.1) is 0 Å². The normalized spacial score (nSPS) is 12.2. The van der Waals surface area contributed by atoms with Crippen LogP contribution in [0.3, 0.4) is 0 Å². The first kappa shape index (κ1) is 34.3. The summed E-state index contributed by atoms with van der Waals surface area (Å²) in [6, 6.07) is 33.1. The fraction of sp³-hybridized carbons (Fsp3) is 0.116. The van der Waals surface area contributed by atoms with Crippen LogP contribution in [-0.2, 0) is 16.1 Å². The Hall–Kier alpha value is -6.54. The van der Waals surface area contributed by atoms with Gasteiger partial charge in [0.2, 0.25) is 0 Å². The number of anilines is 4. The third-order valence-corrected chi connectivity index (χ3v) is 8.48. The van der Waals surface area contributed by atoms with Gasteiger partial charge in [0.05, 0.1) is 45.0 Å². The molecule has 0 radical (unpaired) electrons. The van der Waals surface area contributed by atoms with E-state index in [1.807, 2.05) is 62.4 Å². The number of ketones is 2. The third kappa shape index (κ3) is 7.55. The maximum Gasteiger partial charge on any atom is 0.340 e. The minimum absolute atomic E-state index is 0.106. The molecule has 0 fully saturated rings. The Morgan fingerprint density at radius 1 is 0.608 bits per heavy atom. The summed E-state index contributed by atoms with van der Waals surface area (Å²) in [7, 11) is 0. The molecule has 5 aromatic carbocycles. The molecule has 8 heteroatoms. The first-order chi connectivity index (χ1) is 24.9. The smallest absolute Gasteiger partial charge is 0.340 e. The van der Waals surface area contributed by atoms with Gasteiger partial charge in [0.25, 0.3) is 0 Å². The van der Waals surface area contributed by atoms with Gasteiger partial charge in [-0.2, -0.15) is 0 Å². The number of para-hydroxylation sites is 2. The van der Waals surface area contributed by atoms with Gasteiger partial charge in [0, 0.05) is 11.1 Å². The predicted octanol–water partition coefficient (Wildman–Crippen LogP) is 9.38. The van der Waals surface area contributed by atoms with Crippen LogP contribution in [0.15, 0.2) is 139 Å². The van der Waals surface area contributed by atoms with Crippen LogP contribution in [0.5, 0.6) is 0 Å². The molecule has 0 aliphatic heterocycles. The highest BCUT2D eigenvalue weighted by atomic mass is 16.5. The van der Waals surface area contributed by atoms with Crippen molar-refractivity contribution in [2.24, 2.45) is 0 Å². The molecule has 1 aliphatic rings. The van der Waals surface area contributed by atoms with Crippen LogP contribution in [0.25, 0.3) is 0 Å². The zero-order chi connectivity index (χ0) is 35.7. The molecule has 0 saturated heterocycles. The zero-order valence-electron chi connectivity index (χ0n) is 28.3. The monoisotopic (exact) mass is 676 g/mol. The Balaban J connectivity index is 1.26. The van der Waals surface area contributed by atoms with E-state index in [-0.39, 0.29) is 52.6 Å². The van der Waals surface area contributed by atoms with Crippen molar-refractivity contribution in [1.82, 2.24) is 0 Å². The van der Waals surface area contributed by atoms with Gasteiger partial charge in [-0.1, -0.05) is 104 Å². The molecule has 0 unspecified atom stereocenters. The van der Waals surface area contributed by atoms with Crippen molar-refractivity contribution in [1.29, 1.82) is 0 Å². The van der Waals surface area contributed by atoms with E-state index in [4.69, 9.17) is 9.47 Å². The van der Waals surface area contributed by atoms with Gasteiger partial charge < -0.3 is 20.1 Å². The second-order valence-corrected chi connectivity index (χ2v) is 11.8. The summed E-state index contributed by atoms with van der Waals surface area (Å²) in [4.78, 5) is 54.7. The van der Waals surface area contributed by atoms with Gasteiger partial charge in [-0.05, 0) is 60.9 Å². The van der Waals surface area contributed by atoms with Gasteiger partial charge in [0.15, 0.2) is 11.6 Å².